The molecule has 0 saturated heterocycles. The molecule has 2 aliphatic rings. The van der Waals surface area contributed by atoms with Gasteiger partial charge in [-0.3, -0.25) is 9.54 Å². The first-order valence-electron chi connectivity index (χ1n) is 12.1. The van der Waals surface area contributed by atoms with Crippen LogP contribution in [0.25, 0.3) is 46.2 Å². The van der Waals surface area contributed by atoms with Crippen LogP contribution in [0.15, 0.2) is 79.0 Å². The Hall–Kier alpha value is -3.80. The standard InChI is InChI=1S/C31H25NO3S/c33-36(34,35)25-13-15-26-22(19-25)11-14-29-27-8-4-5-9-28(27)30(20-31(26)29)23-16-17-32-24(18-23)12-10-21-6-2-1-3-7-21/h1-8,10-12,14-18,20,25H,9,13,19H2,(H,33,34,35)/b12-10+. The molecule has 4 aromatic rings. The molecule has 36 heavy (non-hydrogen) atoms. The van der Waals surface area contributed by atoms with Gasteiger partial charge in [0.25, 0.3) is 10.1 Å². The van der Waals surface area contributed by atoms with Crippen molar-refractivity contribution >= 4 is 45.2 Å². The van der Waals surface area contributed by atoms with E-state index in [9.17, 15) is 13.0 Å². The Labute approximate surface area is 210 Å². The van der Waals surface area contributed by atoms with Gasteiger partial charge in [0.2, 0.25) is 0 Å². The molecule has 1 heterocycles. The summed E-state index contributed by atoms with van der Waals surface area (Å²) >= 11 is 0. The van der Waals surface area contributed by atoms with Crippen LogP contribution in [0.4, 0.5) is 0 Å². The number of benzene rings is 3. The van der Waals surface area contributed by atoms with E-state index in [1.165, 1.54) is 10.8 Å². The molecule has 0 amide bonds. The van der Waals surface area contributed by atoms with Gasteiger partial charge in [-0.05, 0) is 92.6 Å². The fraction of sp³-hybridized carbons (Fsp3) is 0.129. The summed E-state index contributed by atoms with van der Waals surface area (Å²) in [5.41, 5.74) is 6.50. The molecule has 0 bridgehead atoms. The van der Waals surface area contributed by atoms with Gasteiger partial charge in [-0.1, -0.05) is 72.8 Å². The van der Waals surface area contributed by atoms with E-state index >= 15 is 0 Å². The van der Waals surface area contributed by atoms with Gasteiger partial charge in [-0.25, -0.2) is 0 Å². The van der Waals surface area contributed by atoms with Crippen molar-refractivity contribution in [2.75, 3.05) is 0 Å². The van der Waals surface area contributed by atoms with Crippen LogP contribution in [0.2, 0.25) is 0 Å². The Bertz CT molecular complexity index is 1790. The molecule has 3 aromatic carbocycles. The minimum atomic E-state index is -4.08. The second-order valence-electron chi connectivity index (χ2n) is 9.34. The molecule has 2 aliphatic carbocycles. The van der Waals surface area contributed by atoms with Crippen molar-refractivity contribution in [2.24, 2.45) is 0 Å². The molecule has 1 atom stereocenters. The van der Waals surface area contributed by atoms with Crippen molar-refractivity contribution in [1.82, 2.24) is 4.98 Å². The zero-order chi connectivity index (χ0) is 24.7. The lowest BCUT2D eigenvalue weighted by atomic mass is 9.86. The Balaban J connectivity index is 1.51. The summed E-state index contributed by atoms with van der Waals surface area (Å²) in [5.74, 6) is 0. The first kappa shape index (κ1) is 22.7. The molecule has 1 aromatic heterocycles. The molecule has 0 fully saturated rings. The largest absolute Gasteiger partial charge is 0.285 e. The highest BCUT2D eigenvalue weighted by molar-refractivity contribution is 7.86. The number of fused-ring (bicyclic) bond motifs is 5. The normalized spacial score (nSPS) is 16.9. The number of pyridine rings is 1. The Morgan fingerprint density at radius 2 is 1.81 bits per heavy atom. The fourth-order valence-corrected chi connectivity index (χ4v) is 6.04. The van der Waals surface area contributed by atoms with E-state index in [1.54, 1.807) is 0 Å². The molecule has 1 N–H and O–H groups in total. The molecule has 6 rings (SSSR count). The van der Waals surface area contributed by atoms with Gasteiger partial charge in [0, 0.05) is 6.20 Å². The average Bonchev–Trinajstić information content (AvgIpc) is 2.91. The van der Waals surface area contributed by atoms with Gasteiger partial charge < -0.3 is 0 Å². The SMILES string of the molecule is O=S(=O)(O)C1CC=c2c(ccc3c4c(c(-c5ccnc(/C=C/c6ccccc6)c5)cc23)CC=CC=4)C1. The minimum absolute atomic E-state index is 0.310. The van der Waals surface area contributed by atoms with E-state index in [-0.39, 0.29) is 0 Å². The molecular weight excluding hydrogens is 466 g/mol. The predicted octanol–water partition coefficient (Wildman–Crippen LogP) is 4.95. The van der Waals surface area contributed by atoms with Crippen LogP contribution in [0.1, 0.15) is 28.8 Å². The quantitative estimate of drug-likeness (QED) is 0.410. The fourth-order valence-electron chi connectivity index (χ4n) is 5.31. The van der Waals surface area contributed by atoms with Crippen molar-refractivity contribution < 1.29 is 13.0 Å². The molecule has 4 nitrogen and oxygen atoms in total. The number of rotatable bonds is 4. The van der Waals surface area contributed by atoms with E-state index < -0.39 is 15.4 Å². The molecule has 0 aliphatic heterocycles. The Morgan fingerprint density at radius 3 is 2.64 bits per heavy atom. The van der Waals surface area contributed by atoms with E-state index in [4.69, 9.17) is 0 Å². The average molecular weight is 492 g/mol. The van der Waals surface area contributed by atoms with Gasteiger partial charge in [0.1, 0.15) is 0 Å². The molecule has 0 radical (unpaired) electrons. The third kappa shape index (κ3) is 4.21. The van der Waals surface area contributed by atoms with Crippen molar-refractivity contribution in [3.05, 3.63) is 112 Å². The predicted molar refractivity (Wildman–Crippen MR) is 147 cm³/mol. The lowest BCUT2D eigenvalue weighted by Gasteiger charge is -2.20. The summed E-state index contributed by atoms with van der Waals surface area (Å²) < 4.78 is 33.2. The lowest BCUT2D eigenvalue weighted by Crippen LogP contribution is -2.30. The van der Waals surface area contributed by atoms with Gasteiger partial charge in [0.05, 0.1) is 10.9 Å². The van der Waals surface area contributed by atoms with E-state index in [0.717, 1.165) is 50.4 Å². The number of aromatic nitrogens is 1. The first-order valence-corrected chi connectivity index (χ1v) is 13.6. The summed E-state index contributed by atoms with van der Waals surface area (Å²) in [5, 5.41) is 3.76. The van der Waals surface area contributed by atoms with Crippen LogP contribution in [-0.4, -0.2) is 23.2 Å². The monoisotopic (exact) mass is 491 g/mol. The number of hydrogen-bond donors (Lipinski definition) is 1. The number of allylic oxidation sites excluding steroid dienone is 2. The van der Waals surface area contributed by atoms with Crippen molar-refractivity contribution in [3.63, 3.8) is 0 Å². The van der Waals surface area contributed by atoms with E-state index in [0.29, 0.717) is 12.8 Å². The van der Waals surface area contributed by atoms with E-state index in [1.807, 2.05) is 48.7 Å². The van der Waals surface area contributed by atoms with Crippen LogP contribution in [0.3, 0.4) is 0 Å². The summed E-state index contributed by atoms with van der Waals surface area (Å²) in [7, 11) is -4.08. The second-order valence-corrected chi connectivity index (χ2v) is 11.0. The maximum Gasteiger partial charge on any atom is 0.268 e. The first-order chi connectivity index (χ1) is 17.5. The molecule has 0 spiro atoms. The highest BCUT2D eigenvalue weighted by Crippen LogP contribution is 2.28. The Kier molecular flexibility index (Phi) is 5.67. The second kappa shape index (κ2) is 9.01. The van der Waals surface area contributed by atoms with Crippen LogP contribution in [0, 0.1) is 0 Å². The third-order valence-corrected chi connectivity index (χ3v) is 8.32. The zero-order valence-electron chi connectivity index (χ0n) is 19.6. The topological polar surface area (TPSA) is 67.3 Å². The summed E-state index contributed by atoms with van der Waals surface area (Å²) in [6.07, 6.45) is 15.8. The van der Waals surface area contributed by atoms with Crippen LogP contribution in [0.5, 0.6) is 0 Å². The van der Waals surface area contributed by atoms with Gasteiger partial charge in [0.15, 0.2) is 0 Å². The van der Waals surface area contributed by atoms with Gasteiger partial charge in [-0.15, -0.1) is 0 Å². The van der Waals surface area contributed by atoms with Gasteiger partial charge >= 0.3 is 0 Å². The number of nitrogens with zero attached hydrogens (tertiary/aromatic N) is 1. The van der Waals surface area contributed by atoms with Crippen molar-refractivity contribution in [2.45, 2.75) is 24.5 Å². The Morgan fingerprint density at radius 1 is 0.944 bits per heavy atom. The number of hydrogen-bond acceptors (Lipinski definition) is 3. The molecule has 1 unspecified atom stereocenters. The minimum Gasteiger partial charge on any atom is -0.285 e. The molecular formula is C31H25NO3S. The van der Waals surface area contributed by atoms with E-state index in [2.05, 4.69) is 59.6 Å². The molecule has 5 heteroatoms. The van der Waals surface area contributed by atoms with Crippen LogP contribution >= 0.6 is 0 Å². The zero-order valence-corrected chi connectivity index (χ0v) is 20.4. The van der Waals surface area contributed by atoms with Crippen molar-refractivity contribution in [3.8, 4) is 11.1 Å². The highest BCUT2D eigenvalue weighted by atomic mass is 32.2. The molecule has 178 valence electrons. The summed E-state index contributed by atoms with van der Waals surface area (Å²) in [6.45, 7) is 0. The van der Waals surface area contributed by atoms with Crippen LogP contribution < -0.4 is 10.4 Å². The maximum atomic E-state index is 11.8. The maximum absolute atomic E-state index is 11.8. The van der Waals surface area contributed by atoms with Crippen LogP contribution in [-0.2, 0) is 23.0 Å². The van der Waals surface area contributed by atoms with Crippen molar-refractivity contribution in [1.29, 1.82) is 0 Å². The molecule has 0 saturated carbocycles. The highest BCUT2D eigenvalue weighted by Gasteiger charge is 2.26. The smallest absolute Gasteiger partial charge is 0.268 e. The third-order valence-electron chi connectivity index (χ3n) is 7.12. The summed E-state index contributed by atoms with van der Waals surface area (Å²) in [4.78, 5) is 4.56. The summed E-state index contributed by atoms with van der Waals surface area (Å²) in [6, 6.07) is 20.7. The lowest BCUT2D eigenvalue weighted by molar-refractivity contribution is 0.466. The van der Waals surface area contributed by atoms with Gasteiger partial charge in [-0.2, -0.15) is 8.42 Å².